The summed E-state index contributed by atoms with van der Waals surface area (Å²) in [6.45, 7) is 0.620. The summed E-state index contributed by atoms with van der Waals surface area (Å²) in [5, 5.41) is 0. The van der Waals surface area contributed by atoms with Gasteiger partial charge in [0.2, 0.25) is 11.8 Å². The highest BCUT2D eigenvalue weighted by Gasteiger charge is 2.11. The van der Waals surface area contributed by atoms with Gasteiger partial charge in [0, 0.05) is 28.0 Å². The van der Waals surface area contributed by atoms with Crippen molar-refractivity contribution in [3.8, 4) is 28.9 Å². The molecule has 0 fully saturated rings. The lowest BCUT2D eigenvalue weighted by molar-refractivity contribution is 0.250. The van der Waals surface area contributed by atoms with E-state index in [9.17, 15) is 0 Å². The first-order chi connectivity index (χ1) is 15.2. The molecule has 0 atom stereocenters. The predicted molar refractivity (Wildman–Crippen MR) is 121 cm³/mol. The molecule has 156 valence electrons. The summed E-state index contributed by atoms with van der Waals surface area (Å²) in [5.74, 6) is 0.728. The Kier molecular flexibility index (Phi) is 6.74. The summed E-state index contributed by atoms with van der Waals surface area (Å²) in [7, 11) is 1.54. The van der Waals surface area contributed by atoms with Crippen LogP contribution in [0.5, 0.6) is 17.8 Å². The molecule has 7 heteroatoms. The van der Waals surface area contributed by atoms with Crippen molar-refractivity contribution in [2.45, 2.75) is 13.2 Å². The smallest absolute Gasteiger partial charge is 0.323 e. The molecule has 0 unspecified atom stereocenters. The third kappa shape index (κ3) is 5.38. The first kappa shape index (κ1) is 20.8. The van der Waals surface area contributed by atoms with E-state index >= 15 is 0 Å². The Morgan fingerprint density at radius 3 is 2.45 bits per heavy atom. The molecule has 6 nitrogen and oxygen atoms in total. The van der Waals surface area contributed by atoms with Crippen LogP contribution in [0.1, 0.15) is 11.1 Å². The van der Waals surface area contributed by atoms with Crippen LogP contribution in [0.4, 0.5) is 0 Å². The topological polar surface area (TPSA) is 66.4 Å². The second kappa shape index (κ2) is 10.0. The van der Waals surface area contributed by atoms with Crippen molar-refractivity contribution in [2.24, 2.45) is 0 Å². The molecule has 0 bridgehead atoms. The molecule has 0 spiro atoms. The molecule has 2 aromatic carbocycles. The molecule has 4 aromatic rings. The number of halogens is 1. The van der Waals surface area contributed by atoms with E-state index in [4.69, 9.17) is 14.2 Å². The molecule has 2 heterocycles. The van der Waals surface area contributed by atoms with E-state index in [1.54, 1.807) is 18.5 Å². The molecule has 0 N–H and O–H groups in total. The molecule has 0 amide bonds. The molecular weight excluding hydrogens is 458 g/mol. The van der Waals surface area contributed by atoms with Crippen molar-refractivity contribution in [1.82, 2.24) is 15.0 Å². The van der Waals surface area contributed by atoms with Crippen LogP contribution in [0, 0.1) is 0 Å². The Bertz CT molecular complexity index is 1140. The van der Waals surface area contributed by atoms with Crippen LogP contribution in [0.15, 0.2) is 83.6 Å². The van der Waals surface area contributed by atoms with Gasteiger partial charge in [-0.1, -0.05) is 54.6 Å². The van der Waals surface area contributed by atoms with Crippen molar-refractivity contribution in [2.75, 3.05) is 7.11 Å². The third-order valence-corrected chi connectivity index (χ3v) is 5.43. The van der Waals surface area contributed by atoms with E-state index in [0.717, 1.165) is 26.7 Å². The Morgan fingerprint density at radius 2 is 1.68 bits per heavy atom. The molecule has 2 aromatic heterocycles. The molecule has 0 aliphatic rings. The van der Waals surface area contributed by atoms with Gasteiger partial charge in [-0.15, -0.1) is 0 Å². The summed E-state index contributed by atoms with van der Waals surface area (Å²) in [6, 6.07) is 21.8. The lowest BCUT2D eigenvalue weighted by atomic mass is 10.0. The zero-order valence-electron chi connectivity index (χ0n) is 16.9. The van der Waals surface area contributed by atoms with Crippen LogP contribution in [0.2, 0.25) is 0 Å². The second-order valence-electron chi connectivity index (χ2n) is 6.61. The highest BCUT2D eigenvalue weighted by molar-refractivity contribution is 9.10. The van der Waals surface area contributed by atoms with Gasteiger partial charge in [0.25, 0.3) is 0 Å². The fourth-order valence-electron chi connectivity index (χ4n) is 2.94. The number of hydrogen-bond donors (Lipinski definition) is 0. The van der Waals surface area contributed by atoms with Gasteiger partial charge >= 0.3 is 6.01 Å². The average molecular weight is 478 g/mol. The highest BCUT2D eigenvalue weighted by Crippen LogP contribution is 2.31. The minimum Gasteiger partial charge on any atom is -0.481 e. The summed E-state index contributed by atoms with van der Waals surface area (Å²) in [6.07, 6.45) is 3.46. The van der Waals surface area contributed by atoms with Gasteiger partial charge in [0.15, 0.2) is 0 Å². The van der Waals surface area contributed by atoms with E-state index in [0.29, 0.717) is 18.4 Å². The number of methoxy groups -OCH3 is 1. The van der Waals surface area contributed by atoms with Crippen molar-refractivity contribution < 1.29 is 14.2 Å². The summed E-state index contributed by atoms with van der Waals surface area (Å²) >= 11 is 3.71. The number of rotatable bonds is 8. The number of pyridine rings is 1. The van der Waals surface area contributed by atoms with E-state index in [-0.39, 0.29) is 12.6 Å². The standard InChI is InChI=1S/C24H20BrN3O3/c1-29-21-13-22(30-15-17-7-6-12-26-14-17)28-24(27-21)31-16-19-10-5-11-20(23(19)25)18-8-3-2-4-9-18/h2-14H,15-16H2,1H3. The van der Waals surface area contributed by atoms with Gasteiger partial charge in [-0.3, -0.25) is 4.98 Å². The summed E-state index contributed by atoms with van der Waals surface area (Å²) < 4.78 is 17.9. The third-order valence-electron chi connectivity index (χ3n) is 4.50. The fraction of sp³-hybridized carbons (Fsp3) is 0.125. The second-order valence-corrected chi connectivity index (χ2v) is 7.41. The summed E-state index contributed by atoms with van der Waals surface area (Å²) in [5.41, 5.74) is 4.13. The molecule has 4 rings (SSSR count). The van der Waals surface area contributed by atoms with Gasteiger partial charge in [-0.25, -0.2) is 0 Å². The van der Waals surface area contributed by atoms with Crippen LogP contribution < -0.4 is 14.2 Å². The lowest BCUT2D eigenvalue weighted by Crippen LogP contribution is -2.04. The molecule has 0 aliphatic heterocycles. The Morgan fingerprint density at radius 1 is 0.839 bits per heavy atom. The number of aromatic nitrogens is 3. The van der Waals surface area contributed by atoms with Crippen LogP contribution in [0.25, 0.3) is 11.1 Å². The maximum absolute atomic E-state index is 5.87. The summed E-state index contributed by atoms with van der Waals surface area (Å²) in [4.78, 5) is 12.7. The maximum Gasteiger partial charge on any atom is 0.323 e. The Hall–Kier alpha value is -3.45. The Labute approximate surface area is 189 Å². The van der Waals surface area contributed by atoms with Crippen LogP contribution in [0.3, 0.4) is 0 Å². The van der Waals surface area contributed by atoms with Crippen LogP contribution in [-0.4, -0.2) is 22.1 Å². The monoisotopic (exact) mass is 477 g/mol. The predicted octanol–water partition coefficient (Wildman–Crippen LogP) is 5.47. The maximum atomic E-state index is 5.87. The largest absolute Gasteiger partial charge is 0.481 e. The molecule has 0 radical (unpaired) electrons. The number of nitrogens with zero attached hydrogens (tertiary/aromatic N) is 3. The normalized spacial score (nSPS) is 10.5. The highest BCUT2D eigenvalue weighted by atomic mass is 79.9. The molecule has 0 saturated carbocycles. The Balaban J connectivity index is 1.49. The van der Waals surface area contributed by atoms with Crippen LogP contribution >= 0.6 is 15.9 Å². The molecule has 0 aliphatic carbocycles. The average Bonchev–Trinajstić information content (AvgIpc) is 2.83. The van der Waals surface area contributed by atoms with Gasteiger partial charge < -0.3 is 14.2 Å². The van der Waals surface area contributed by atoms with Crippen molar-refractivity contribution in [3.05, 3.63) is 94.7 Å². The number of benzene rings is 2. The van der Waals surface area contributed by atoms with E-state index in [1.165, 1.54) is 7.11 Å². The molecule has 0 saturated heterocycles. The van der Waals surface area contributed by atoms with Gasteiger partial charge in [-0.05, 0) is 33.1 Å². The first-order valence-corrected chi connectivity index (χ1v) is 10.4. The van der Waals surface area contributed by atoms with E-state index in [2.05, 4.69) is 49.1 Å². The van der Waals surface area contributed by atoms with E-state index < -0.39 is 0 Å². The zero-order chi connectivity index (χ0) is 21.5. The van der Waals surface area contributed by atoms with E-state index in [1.807, 2.05) is 42.5 Å². The minimum absolute atomic E-state index is 0.178. The van der Waals surface area contributed by atoms with Crippen molar-refractivity contribution in [3.63, 3.8) is 0 Å². The van der Waals surface area contributed by atoms with Gasteiger partial charge in [0.1, 0.15) is 13.2 Å². The van der Waals surface area contributed by atoms with Crippen LogP contribution in [-0.2, 0) is 13.2 Å². The minimum atomic E-state index is 0.178. The molecular formula is C24H20BrN3O3. The SMILES string of the molecule is COc1cc(OCc2cccnc2)nc(OCc2cccc(-c3ccccc3)c2Br)n1. The number of ether oxygens (including phenoxy) is 3. The first-order valence-electron chi connectivity index (χ1n) is 9.63. The van der Waals surface area contributed by atoms with Crippen molar-refractivity contribution in [1.29, 1.82) is 0 Å². The van der Waals surface area contributed by atoms with Crippen molar-refractivity contribution >= 4 is 15.9 Å². The molecule has 31 heavy (non-hydrogen) atoms. The zero-order valence-corrected chi connectivity index (χ0v) is 18.5. The fourth-order valence-corrected chi connectivity index (χ4v) is 3.55. The lowest BCUT2D eigenvalue weighted by Gasteiger charge is -2.12. The quantitative estimate of drug-likeness (QED) is 0.335. The van der Waals surface area contributed by atoms with Gasteiger partial charge in [0.05, 0.1) is 13.2 Å². The van der Waals surface area contributed by atoms with Gasteiger partial charge in [-0.2, -0.15) is 9.97 Å². The number of hydrogen-bond acceptors (Lipinski definition) is 6.